The minimum absolute atomic E-state index is 0.0827. The maximum atomic E-state index is 12.9. The van der Waals surface area contributed by atoms with Crippen molar-refractivity contribution in [2.24, 2.45) is 0 Å². The minimum atomic E-state index is 0.0827. The molecule has 0 unspecified atom stereocenters. The van der Waals surface area contributed by atoms with E-state index in [2.05, 4.69) is 39.5 Å². The van der Waals surface area contributed by atoms with Crippen molar-refractivity contribution in [3.05, 3.63) is 54.1 Å². The zero-order chi connectivity index (χ0) is 16.4. The fourth-order valence-corrected chi connectivity index (χ4v) is 3.73. The molecule has 1 saturated carbocycles. The van der Waals surface area contributed by atoms with Crippen molar-refractivity contribution in [1.29, 1.82) is 0 Å². The molecule has 4 rings (SSSR count). The van der Waals surface area contributed by atoms with E-state index in [0.717, 1.165) is 38.6 Å². The van der Waals surface area contributed by atoms with Gasteiger partial charge in [0.2, 0.25) is 0 Å². The highest BCUT2D eigenvalue weighted by Crippen LogP contribution is 2.40. The average Bonchev–Trinajstić information content (AvgIpc) is 3.30. The predicted octanol–water partition coefficient (Wildman–Crippen LogP) is 3.13. The zero-order valence-electron chi connectivity index (χ0n) is 13.9. The van der Waals surface area contributed by atoms with E-state index in [9.17, 15) is 4.79 Å². The van der Waals surface area contributed by atoms with Crippen LogP contribution in [0.25, 0.3) is 0 Å². The van der Waals surface area contributed by atoms with Crippen molar-refractivity contribution >= 4 is 6.03 Å². The highest BCUT2D eigenvalue weighted by molar-refractivity contribution is 5.75. The van der Waals surface area contributed by atoms with Crippen LogP contribution in [0.3, 0.4) is 0 Å². The van der Waals surface area contributed by atoms with Gasteiger partial charge in [0.25, 0.3) is 0 Å². The number of amides is 2. The number of rotatable bonds is 5. The first-order chi connectivity index (χ1) is 11.8. The largest absolute Gasteiger partial charge is 0.336 e. The molecule has 1 N–H and O–H groups in total. The number of hydrogen-bond donors (Lipinski definition) is 1. The Morgan fingerprint density at radius 2 is 2.17 bits per heavy atom. The van der Waals surface area contributed by atoms with Gasteiger partial charge in [0.05, 0.1) is 12.4 Å². The Morgan fingerprint density at radius 1 is 1.29 bits per heavy atom. The van der Waals surface area contributed by atoms with E-state index in [1.807, 2.05) is 10.8 Å². The van der Waals surface area contributed by atoms with E-state index in [-0.39, 0.29) is 12.1 Å². The molecule has 126 valence electrons. The summed E-state index contributed by atoms with van der Waals surface area (Å²) in [4.78, 5) is 19.0. The first-order valence-corrected chi connectivity index (χ1v) is 8.92. The monoisotopic (exact) mass is 324 g/mol. The Morgan fingerprint density at radius 3 is 2.96 bits per heavy atom. The summed E-state index contributed by atoms with van der Waals surface area (Å²) in [5.41, 5.74) is 2.76. The molecule has 1 fully saturated rings. The molecule has 24 heavy (non-hydrogen) atoms. The molecule has 2 amide bonds. The maximum absolute atomic E-state index is 12.9. The molecule has 0 saturated heterocycles. The van der Waals surface area contributed by atoms with Crippen LogP contribution in [0, 0.1) is 0 Å². The van der Waals surface area contributed by atoms with Crippen molar-refractivity contribution in [2.45, 2.75) is 50.7 Å². The first kappa shape index (κ1) is 15.2. The third kappa shape index (κ3) is 3.16. The first-order valence-electron chi connectivity index (χ1n) is 8.92. The number of carbonyl (C=O) groups excluding carboxylic acids is 1. The summed E-state index contributed by atoms with van der Waals surface area (Å²) < 4.78 is 1.98. The lowest BCUT2D eigenvalue weighted by Crippen LogP contribution is -2.45. The van der Waals surface area contributed by atoms with Crippen molar-refractivity contribution in [3.63, 3.8) is 0 Å². The molecule has 1 aromatic carbocycles. The van der Waals surface area contributed by atoms with Gasteiger partial charge >= 0.3 is 6.03 Å². The number of benzene rings is 1. The van der Waals surface area contributed by atoms with Crippen LogP contribution in [-0.2, 0) is 13.0 Å². The summed E-state index contributed by atoms with van der Waals surface area (Å²) in [5.74, 6) is 0. The summed E-state index contributed by atoms with van der Waals surface area (Å²) in [6.45, 7) is 1.39. The van der Waals surface area contributed by atoms with Gasteiger partial charge in [-0.05, 0) is 43.2 Å². The van der Waals surface area contributed by atoms with Gasteiger partial charge in [0, 0.05) is 31.5 Å². The number of carbonyl (C=O) groups is 1. The lowest BCUT2D eigenvalue weighted by atomic mass is 9.87. The zero-order valence-corrected chi connectivity index (χ0v) is 13.9. The summed E-state index contributed by atoms with van der Waals surface area (Å²) in [7, 11) is 0. The summed E-state index contributed by atoms with van der Waals surface area (Å²) in [6.07, 6.45) is 11.1. The van der Waals surface area contributed by atoms with Crippen molar-refractivity contribution in [1.82, 2.24) is 19.8 Å². The van der Waals surface area contributed by atoms with E-state index < -0.39 is 0 Å². The quantitative estimate of drug-likeness (QED) is 0.918. The number of nitrogens with one attached hydrogen (secondary N) is 1. The van der Waals surface area contributed by atoms with Crippen molar-refractivity contribution < 1.29 is 4.79 Å². The molecule has 1 heterocycles. The minimum Gasteiger partial charge on any atom is -0.336 e. The van der Waals surface area contributed by atoms with Crippen molar-refractivity contribution in [3.8, 4) is 0 Å². The Hall–Kier alpha value is -2.30. The predicted molar refractivity (Wildman–Crippen MR) is 92.6 cm³/mol. The van der Waals surface area contributed by atoms with E-state index in [0.29, 0.717) is 12.6 Å². The van der Waals surface area contributed by atoms with Crippen LogP contribution in [0.1, 0.15) is 42.9 Å². The number of nitrogens with zero attached hydrogens (tertiary/aromatic N) is 3. The number of imidazole rings is 1. The lowest BCUT2D eigenvalue weighted by molar-refractivity contribution is 0.161. The number of hydrogen-bond acceptors (Lipinski definition) is 2. The fraction of sp³-hybridized carbons (Fsp3) is 0.474. The molecule has 1 aromatic heterocycles. The van der Waals surface area contributed by atoms with Gasteiger partial charge in [0.1, 0.15) is 0 Å². The molecule has 1 atom stereocenters. The van der Waals surface area contributed by atoms with Crippen LogP contribution >= 0.6 is 0 Å². The average molecular weight is 324 g/mol. The lowest BCUT2D eigenvalue weighted by Gasteiger charge is -2.36. The Labute approximate surface area is 142 Å². The highest BCUT2D eigenvalue weighted by Gasteiger charge is 2.39. The van der Waals surface area contributed by atoms with Gasteiger partial charge in [-0.1, -0.05) is 24.3 Å². The fourth-order valence-electron chi connectivity index (χ4n) is 3.73. The number of aryl methyl sites for hydroxylation is 1. The Kier molecular flexibility index (Phi) is 4.24. The van der Waals surface area contributed by atoms with Gasteiger partial charge in [-0.2, -0.15) is 0 Å². The van der Waals surface area contributed by atoms with E-state index in [4.69, 9.17) is 0 Å². The van der Waals surface area contributed by atoms with Crippen LogP contribution in [-0.4, -0.2) is 33.1 Å². The summed E-state index contributed by atoms with van der Waals surface area (Å²) in [6, 6.07) is 9.34. The number of aromatic nitrogens is 2. The smallest absolute Gasteiger partial charge is 0.318 e. The van der Waals surface area contributed by atoms with Crippen LogP contribution in [0.5, 0.6) is 0 Å². The molecular formula is C19H24N4O. The molecule has 0 spiro atoms. The molecule has 5 heteroatoms. The van der Waals surface area contributed by atoms with Crippen LogP contribution in [0.2, 0.25) is 0 Å². The van der Waals surface area contributed by atoms with Gasteiger partial charge in [0.15, 0.2) is 0 Å². The second-order valence-electron chi connectivity index (χ2n) is 6.78. The molecule has 0 bridgehead atoms. The SMILES string of the molecule is O=C(NCCn1ccnc1)N(C1CC1)[C@H]1CCCc2ccccc21. The molecule has 0 aliphatic heterocycles. The van der Waals surface area contributed by atoms with Gasteiger partial charge in [-0.3, -0.25) is 0 Å². The third-order valence-corrected chi connectivity index (χ3v) is 5.05. The topological polar surface area (TPSA) is 50.2 Å². The maximum Gasteiger partial charge on any atom is 0.318 e. The Bertz CT molecular complexity index is 693. The second kappa shape index (κ2) is 6.67. The molecule has 0 radical (unpaired) electrons. The third-order valence-electron chi connectivity index (χ3n) is 5.05. The molecular weight excluding hydrogens is 300 g/mol. The van der Waals surface area contributed by atoms with E-state index in [1.165, 1.54) is 11.1 Å². The standard InChI is InChI=1S/C19H24N4O/c24-19(21-11-13-22-12-10-20-14-22)23(16-8-9-16)18-7-3-5-15-4-1-2-6-17(15)18/h1-2,4,6,10,12,14,16,18H,3,5,7-9,11,13H2,(H,21,24)/t18-/m0/s1. The summed E-state index contributed by atoms with van der Waals surface area (Å²) >= 11 is 0. The molecule has 5 nitrogen and oxygen atoms in total. The van der Waals surface area contributed by atoms with Crippen LogP contribution in [0.15, 0.2) is 43.0 Å². The van der Waals surface area contributed by atoms with E-state index in [1.54, 1.807) is 12.5 Å². The molecule has 2 aliphatic rings. The molecule has 2 aliphatic carbocycles. The van der Waals surface area contributed by atoms with Crippen LogP contribution < -0.4 is 5.32 Å². The van der Waals surface area contributed by atoms with E-state index >= 15 is 0 Å². The highest BCUT2D eigenvalue weighted by atomic mass is 16.2. The Balaban J connectivity index is 1.45. The number of urea groups is 1. The second-order valence-corrected chi connectivity index (χ2v) is 6.78. The van der Waals surface area contributed by atoms with Gasteiger partial charge < -0.3 is 14.8 Å². The van der Waals surface area contributed by atoms with Crippen LogP contribution in [0.4, 0.5) is 4.79 Å². The normalized spacial score (nSPS) is 19.6. The number of fused-ring (bicyclic) bond motifs is 1. The summed E-state index contributed by atoms with van der Waals surface area (Å²) in [5, 5.41) is 3.11. The van der Waals surface area contributed by atoms with Gasteiger partial charge in [-0.25, -0.2) is 9.78 Å². The van der Waals surface area contributed by atoms with Crippen molar-refractivity contribution in [2.75, 3.05) is 6.54 Å². The molecule has 2 aromatic rings. The van der Waals surface area contributed by atoms with Gasteiger partial charge in [-0.15, -0.1) is 0 Å².